The smallest absolute Gasteiger partial charge is 0.243 e. The molecule has 1 aliphatic carbocycles. The van der Waals surface area contributed by atoms with Gasteiger partial charge in [0, 0.05) is 25.9 Å². The first-order chi connectivity index (χ1) is 9.32. The minimum absolute atomic E-state index is 0.0717. The second-order valence-corrected chi connectivity index (χ2v) is 7.53. The normalized spacial score (nSPS) is 17.7. The number of hydrogen-bond acceptors (Lipinski definition) is 3. The topological polar surface area (TPSA) is 54.5 Å². The standard InChI is InChI=1S/C15H21NO3S/c1-11-4-5-12(2)15(10-11)20(18,19)16(3)13-6-8-14(17)9-7-13/h4-5,10,13H,6-9H2,1-3H3. The minimum atomic E-state index is -3.49. The second-order valence-electron chi connectivity index (χ2n) is 5.56. The molecule has 0 N–H and O–H groups in total. The fraction of sp³-hybridized carbons (Fsp3) is 0.533. The molecule has 1 fully saturated rings. The molecule has 0 spiro atoms. The molecule has 0 bridgehead atoms. The van der Waals surface area contributed by atoms with Crippen molar-refractivity contribution in [3.8, 4) is 0 Å². The second kappa shape index (κ2) is 5.66. The van der Waals surface area contributed by atoms with Crippen LogP contribution in [0.4, 0.5) is 0 Å². The van der Waals surface area contributed by atoms with Crippen LogP contribution in [0.25, 0.3) is 0 Å². The molecule has 110 valence electrons. The van der Waals surface area contributed by atoms with Gasteiger partial charge in [-0.25, -0.2) is 8.42 Å². The average molecular weight is 295 g/mol. The van der Waals surface area contributed by atoms with Crippen molar-refractivity contribution in [1.82, 2.24) is 4.31 Å². The van der Waals surface area contributed by atoms with Crippen LogP contribution in [0.2, 0.25) is 0 Å². The van der Waals surface area contributed by atoms with Crippen LogP contribution < -0.4 is 0 Å². The van der Waals surface area contributed by atoms with E-state index in [0.29, 0.717) is 30.6 Å². The summed E-state index contributed by atoms with van der Waals surface area (Å²) in [6.07, 6.45) is 2.22. The van der Waals surface area contributed by atoms with Crippen molar-refractivity contribution >= 4 is 15.8 Å². The van der Waals surface area contributed by atoms with Gasteiger partial charge in [-0.1, -0.05) is 12.1 Å². The number of hydrogen-bond donors (Lipinski definition) is 0. The number of carbonyl (C=O) groups is 1. The van der Waals surface area contributed by atoms with Gasteiger partial charge in [0.1, 0.15) is 5.78 Å². The maximum Gasteiger partial charge on any atom is 0.243 e. The minimum Gasteiger partial charge on any atom is -0.300 e. The molecule has 5 heteroatoms. The number of nitrogens with zero attached hydrogens (tertiary/aromatic N) is 1. The molecule has 20 heavy (non-hydrogen) atoms. The van der Waals surface area contributed by atoms with Crippen molar-refractivity contribution in [2.75, 3.05) is 7.05 Å². The lowest BCUT2D eigenvalue weighted by Crippen LogP contribution is -2.39. The van der Waals surface area contributed by atoms with Crippen LogP contribution in [0.1, 0.15) is 36.8 Å². The van der Waals surface area contributed by atoms with Crippen LogP contribution in [0, 0.1) is 13.8 Å². The molecular weight excluding hydrogens is 274 g/mol. The summed E-state index contributed by atoms with van der Waals surface area (Å²) < 4.78 is 26.9. The Hall–Kier alpha value is -1.20. The van der Waals surface area contributed by atoms with Gasteiger partial charge in [0.05, 0.1) is 4.90 Å². The average Bonchev–Trinajstić information content (AvgIpc) is 2.41. The van der Waals surface area contributed by atoms with E-state index in [9.17, 15) is 13.2 Å². The fourth-order valence-electron chi connectivity index (χ4n) is 2.62. The summed E-state index contributed by atoms with van der Waals surface area (Å²) in [5.74, 6) is 0.235. The van der Waals surface area contributed by atoms with Crippen molar-refractivity contribution in [2.45, 2.75) is 50.5 Å². The molecule has 0 saturated heterocycles. The fourth-order valence-corrected chi connectivity index (χ4v) is 4.35. The summed E-state index contributed by atoms with van der Waals surface area (Å²) in [6, 6.07) is 5.39. The summed E-state index contributed by atoms with van der Waals surface area (Å²) in [6.45, 7) is 3.70. The van der Waals surface area contributed by atoms with Crippen LogP contribution in [-0.4, -0.2) is 31.6 Å². The molecule has 1 aromatic carbocycles. The van der Waals surface area contributed by atoms with E-state index in [1.807, 2.05) is 26.0 Å². The largest absolute Gasteiger partial charge is 0.300 e. The van der Waals surface area contributed by atoms with E-state index in [0.717, 1.165) is 11.1 Å². The zero-order valence-electron chi connectivity index (χ0n) is 12.2. The summed E-state index contributed by atoms with van der Waals surface area (Å²) in [5.41, 5.74) is 1.69. The molecule has 0 aromatic heterocycles. The van der Waals surface area contributed by atoms with Gasteiger partial charge < -0.3 is 0 Å². The van der Waals surface area contributed by atoms with Crippen molar-refractivity contribution < 1.29 is 13.2 Å². The molecule has 0 aliphatic heterocycles. The molecule has 0 atom stereocenters. The van der Waals surface area contributed by atoms with Crippen molar-refractivity contribution in [3.63, 3.8) is 0 Å². The molecule has 1 aromatic rings. The van der Waals surface area contributed by atoms with E-state index in [1.54, 1.807) is 13.1 Å². The molecule has 0 amide bonds. The highest BCUT2D eigenvalue weighted by atomic mass is 32.2. The van der Waals surface area contributed by atoms with Gasteiger partial charge >= 0.3 is 0 Å². The third kappa shape index (κ3) is 2.94. The molecule has 0 unspecified atom stereocenters. The van der Waals surface area contributed by atoms with E-state index in [-0.39, 0.29) is 11.8 Å². The Kier molecular flexibility index (Phi) is 4.30. The molecule has 2 rings (SSSR count). The van der Waals surface area contributed by atoms with E-state index in [1.165, 1.54) is 4.31 Å². The monoisotopic (exact) mass is 295 g/mol. The number of aryl methyl sites for hydroxylation is 2. The van der Waals surface area contributed by atoms with E-state index >= 15 is 0 Å². The zero-order chi connectivity index (χ0) is 14.9. The van der Waals surface area contributed by atoms with Gasteiger partial charge in [-0.15, -0.1) is 0 Å². The number of ketones is 1. The Labute approximate surface area is 120 Å². The first kappa shape index (κ1) is 15.2. The Bertz CT molecular complexity index is 612. The highest BCUT2D eigenvalue weighted by Gasteiger charge is 2.31. The highest BCUT2D eigenvalue weighted by Crippen LogP contribution is 2.27. The predicted molar refractivity (Wildman–Crippen MR) is 78.1 cm³/mol. The lowest BCUT2D eigenvalue weighted by atomic mass is 9.95. The third-order valence-corrected chi connectivity index (χ3v) is 6.08. The van der Waals surface area contributed by atoms with Crippen LogP contribution in [0.3, 0.4) is 0 Å². The Balaban J connectivity index is 2.30. The number of sulfonamides is 1. The van der Waals surface area contributed by atoms with Gasteiger partial charge in [0.25, 0.3) is 0 Å². The van der Waals surface area contributed by atoms with Crippen molar-refractivity contribution in [1.29, 1.82) is 0 Å². The molecule has 1 aliphatic rings. The van der Waals surface area contributed by atoms with Gasteiger partial charge in [0.15, 0.2) is 0 Å². The molecule has 0 radical (unpaired) electrons. The third-order valence-electron chi connectivity index (χ3n) is 4.03. The Morgan fingerprint density at radius 2 is 1.75 bits per heavy atom. The summed E-state index contributed by atoms with van der Waals surface area (Å²) in [4.78, 5) is 11.7. The summed E-state index contributed by atoms with van der Waals surface area (Å²) >= 11 is 0. The molecule has 4 nitrogen and oxygen atoms in total. The van der Waals surface area contributed by atoms with Gasteiger partial charge in [-0.2, -0.15) is 4.31 Å². The first-order valence-corrected chi connectivity index (χ1v) is 8.33. The lowest BCUT2D eigenvalue weighted by molar-refractivity contribution is -0.120. The summed E-state index contributed by atoms with van der Waals surface area (Å²) in [5, 5.41) is 0. The number of Topliss-reactive ketones (excluding diaryl/α,β-unsaturated/α-hetero) is 1. The lowest BCUT2D eigenvalue weighted by Gasteiger charge is -2.30. The van der Waals surface area contributed by atoms with E-state index in [4.69, 9.17) is 0 Å². The SMILES string of the molecule is Cc1ccc(C)c(S(=O)(=O)N(C)C2CCC(=O)CC2)c1. The van der Waals surface area contributed by atoms with Crippen molar-refractivity contribution in [3.05, 3.63) is 29.3 Å². The maximum atomic E-state index is 12.7. The quantitative estimate of drug-likeness (QED) is 0.860. The first-order valence-electron chi connectivity index (χ1n) is 6.89. The number of carbonyl (C=O) groups excluding carboxylic acids is 1. The molecule has 1 saturated carbocycles. The van der Waals surface area contributed by atoms with Crippen LogP contribution in [0.5, 0.6) is 0 Å². The van der Waals surface area contributed by atoms with Crippen LogP contribution >= 0.6 is 0 Å². The van der Waals surface area contributed by atoms with E-state index in [2.05, 4.69) is 0 Å². The van der Waals surface area contributed by atoms with Gasteiger partial charge in [-0.05, 0) is 43.9 Å². The van der Waals surface area contributed by atoms with Crippen LogP contribution in [0.15, 0.2) is 23.1 Å². The number of benzene rings is 1. The van der Waals surface area contributed by atoms with Crippen LogP contribution in [-0.2, 0) is 14.8 Å². The Morgan fingerprint density at radius 1 is 1.15 bits per heavy atom. The van der Waals surface area contributed by atoms with Crippen molar-refractivity contribution in [2.24, 2.45) is 0 Å². The van der Waals surface area contributed by atoms with Gasteiger partial charge in [0.2, 0.25) is 10.0 Å². The molecular formula is C15H21NO3S. The zero-order valence-corrected chi connectivity index (χ0v) is 13.0. The molecule has 0 heterocycles. The Morgan fingerprint density at radius 3 is 2.35 bits per heavy atom. The van der Waals surface area contributed by atoms with E-state index < -0.39 is 10.0 Å². The maximum absolute atomic E-state index is 12.7. The predicted octanol–water partition coefficient (Wildman–Crippen LogP) is 2.44. The number of rotatable bonds is 3. The summed E-state index contributed by atoms with van der Waals surface area (Å²) in [7, 11) is -1.86. The highest BCUT2D eigenvalue weighted by molar-refractivity contribution is 7.89. The van der Waals surface area contributed by atoms with Gasteiger partial charge in [-0.3, -0.25) is 4.79 Å².